The zero-order valence-electron chi connectivity index (χ0n) is 9.01. The van der Waals surface area contributed by atoms with Gasteiger partial charge in [0.25, 0.3) is 0 Å². The van der Waals surface area contributed by atoms with Gasteiger partial charge in [0.15, 0.2) is 5.78 Å². The van der Waals surface area contributed by atoms with E-state index in [1.807, 2.05) is 20.8 Å². The summed E-state index contributed by atoms with van der Waals surface area (Å²) in [7, 11) is 0. The van der Waals surface area contributed by atoms with Crippen molar-refractivity contribution in [3.8, 4) is 0 Å². The van der Waals surface area contributed by atoms with Crippen LogP contribution in [-0.2, 0) is 9.59 Å². The molecule has 0 bridgehead atoms. The number of aliphatic carboxylic acids is 1. The van der Waals surface area contributed by atoms with Gasteiger partial charge in [-0.2, -0.15) is 0 Å². The van der Waals surface area contributed by atoms with E-state index in [1.165, 1.54) is 13.0 Å². The van der Waals surface area contributed by atoms with Gasteiger partial charge in [-0.15, -0.1) is 0 Å². The summed E-state index contributed by atoms with van der Waals surface area (Å²) in [6, 6.07) is 0. The zero-order valence-corrected chi connectivity index (χ0v) is 9.01. The lowest BCUT2D eigenvalue weighted by atomic mass is 9.91. The second-order valence-electron chi connectivity index (χ2n) is 4.14. The predicted molar refractivity (Wildman–Crippen MR) is 51.2 cm³/mol. The molecule has 0 amide bonds. The highest BCUT2D eigenvalue weighted by atomic mass is 16.4. The lowest BCUT2D eigenvalue weighted by molar-refractivity contribution is -0.303. The molecule has 0 aromatic heterocycles. The van der Waals surface area contributed by atoms with E-state index in [9.17, 15) is 14.7 Å². The van der Waals surface area contributed by atoms with Crippen LogP contribution in [0.25, 0.3) is 0 Å². The molecule has 4 heteroatoms. The van der Waals surface area contributed by atoms with Crippen molar-refractivity contribution in [3.63, 3.8) is 0 Å². The number of carboxylic acid groups (broad SMARTS) is 1. The van der Waals surface area contributed by atoms with E-state index < -0.39 is 5.97 Å². The van der Waals surface area contributed by atoms with Crippen molar-refractivity contribution in [3.05, 3.63) is 11.8 Å². The number of allylic oxidation sites excluding steroid dienone is 2. The van der Waals surface area contributed by atoms with Crippen molar-refractivity contribution >= 4 is 11.8 Å². The summed E-state index contributed by atoms with van der Waals surface area (Å²) in [6.07, 6.45) is 1.41. The Kier molecular flexibility index (Phi) is 4.34. The highest BCUT2D eigenvalue weighted by molar-refractivity contribution is 5.88. The van der Waals surface area contributed by atoms with Crippen LogP contribution in [0.2, 0.25) is 0 Å². The summed E-state index contributed by atoms with van der Waals surface area (Å²) in [6.45, 7) is 6.82. The Balaban J connectivity index is 4.59. The maximum Gasteiger partial charge on any atom is 0.154 e. The van der Waals surface area contributed by atoms with Gasteiger partial charge >= 0.3 is 0 Å². The van der Waals surface area contributed by atoms with Gasteiger partial charge in [-0.05, 0) is 6.92 Å². The third kappa shape index (κ3) is 5.35. The maximum absolute atomic E-state index is 10.9. The largest absolute Gasteiger partial charge is 0.548 e. The van der Waals surface area contributed by atoms with Gasteiger partial charge in [0.1, 0.15) is 0 Å². The van der Waals surface area contributed by atoms with Crippen LogP contribution < -0.4 is 10.4 Å². The normalized spacial score (nSPS) is 12.4. The van der Waals surface area contributed by atoms with Crippen molar-refractivity contribution in [2.24, 2.45) is 5.41 Å². The van der Waals surface area contributed by atoms with Crippen LogP contribution in [0.4, 0.5) is 0 Å². The average molecular weight is 198 g/mol. The summed E-state index contributed by atoms with van der Waals surface area (Å²) in [5.74, 6) is -1.30. The molecule has 0 heterocycles. The number of nitrogens with one attached hydrogen (secondary N) is 1. The molecule has 0 unspecified atom stereocenters. The highest BCUT2D eigenvalue weighted by Gasteiger charge is 2.17. The van der Waals surface area contributed by atoms with Gasteiger partial charge in [-0.3, -0.25) is 4.79 Å². The molecule has 0 atom stereocenters. The Morgan fingerprint density at radius 3 is 2.14 bits per heavy atom. The molecule has 80 valence electrons. The molecule has 0 aromatic rings. The lowest BCUT2D eigenvalue weighted by Crippen LogP contribution is -2.37. The van der Waals surface area contributed by atoms with E-state index in [0.29, 0.717) is 5.70 Å². The van der Waals surface area contributed by atoms with Crippen LogP contribution in [0.15, 0.2) is 11.8 Å². The molecule has 0 aliphatic heterocycles. The Bertz CT molecular complexity index is 261. The number of carboxylic acids is 1. The summed E-state index contributed by atoms with van der Waals surface area (Å²) in [4.78, 5) is 21.1. The molecule has 0 rings (SSSR count). The first kappa shape index (κ1) is 12.7. The van der Waals surface area contributed by atoms with Crippen LogP contribution in [0, 0.1) is 5.41 Å². The summed E-state index contributed by atoms with van der Waals surface area (Å²) in [5, 5.41) is 12.9. The number of ketones is 1. The second kappa shape index (κ2) is 4.79. The quantitative estimate of drug-likeness (QED) is 0.637. The van der Waals surface area contributed by atoms with Crippen molar-refractivity contribution in [1.29, 1.82) is 0 Å². The summed E-state index contributed by atoms with van der Waals surface area (Å²) in [5.41, 5.74) is 0.329. The Hall–Kier alpha value is -1.32. The van der Waals surface area contributed by atoms with E-state index in [0.717, 1.165) is 0 Å². The highest BCUT2D eigenvalue weighted by Crippen LogP contribution is 2.22. The first-order valence-corrected chi connectivity index (χ1v) is 4.40. The molecular formula is C10H16NO3-. The minimum atomic E-state index is -1.19. The molecule has 0 aliphatic rings. The van der Waals surface area contributed by atoms with E-state index in [2.05, 4.69) is 5.32 Å². The monoisotopic (exact) mass is 198 g/mol. The van der Waals surface area contributed by atoms with Crippen LogP contribution in [0.3, 0.4) is 0 Å². The maximum atomic E-state index is 10.9. The van der Waals surface area contributed by atoms with Crippen LogP contribution in [-0.4, -0.2) is 18.3 Å². The van der Waals surface area contributed by atoms with Crippen molar-refractivity contribution in [1.82, 2.24) is 5.32 Å². The van der Waals surface area contributed by atoms with Crippen LogP contribution in [0.5, 0.6) is 0 Å². The van der Waals surface area contributed by atoms with E-state index in [4.69, 9.17) is 0 Å². The minimum Gasteiger partial charge on any atom is -0.548 e. The van der Waals surface area contributed by atoms with Crippen molar-refractivity contribution < 1.29 is 14.7 Å². The lowest BCUT2D eigenvalue weighted by Gasteiger charge is -2.24. The molecule has 4 nitrogen and oxygen atoms in total. The van der Waals surface area contributed by atoms with Gasteiger partial charge < -0.3 is 15.2 Å². The smallest absolute Gasteiger partial charge is 0.154 e. The zero-order chi connectivity index (χ0) is 11.4. The fraction of sp³-hybridized carbons (Fsp3) is 0.600. The molecule has 0 fully saturated rings. The van der Waals surface area contributed by atoms with Crippen LogP contribution in [0.1, 0.15) is 27.7 Å². The minimum absolute atomic E-state index is 0.110. The number of hydrogen-bond donors (Lipinski definition) is 1. The van der Waals surface area contributed by atoms with E-state index in [1.54, 1.807) is 0 Å². The van der Waals surface area contributed by atoms with E-state index in [-0.39, 0.29) is 17.7 Å². The third-order valence-corrected chi connectivity index (χ3v) is 1.58. The summed E-state index contributed by atoms with van der Waals surface area (Å²) < 4.78 is 0. The second-order valence-corrected chi connectivity index (χ2v) is 4.14. The topological polar surface area (TPSA) is 69.2 Å². The third-order valence-electron chi connectivity index (χ3n) is 1.58. The molecule has 0 saturated carbocycles. The SMILES string of the molecule is CC(=O)/C=C(\NCC(=O)[O-])C(C)(C)C. The standard InChI is InChI=1S/C10H17NO3/c1-7(12)5-8(10(2,3)4)11-6-9(13)14/h5,11H,6H2,1-4H3,(H,13,14)/p-1/b8-5-. The fourth-order valence-electron chi connectivity index (χ4n) is 0.903. The molecular weight excluding hydrogens is 182 g/mol. The Morgan fingerprint density at radius 2 is 1.86 bits per heavy atom. The van der Waals surface area contributed by atoms with Crippen molar-refractivity contribution in [2.45, 2.75) is 27.7 Å². The van der Waals surface area contributed by atoms with Gasteiger partial charge in [-0.1, -0.05) is 20.8 Å². The molecule has 1 N–H and O–H groups in total. The van der Waals surface area contributed by atoms with Crippen LogP contribution >= 0.6 is 0 Å². The first-order valence-electron chi connectivity index (χ1n) is 4.40. The Morgan fingerprint density at radius 1 is 1.36 bits per heavy atom. The first-order chi connectivity index (χ1) is 6.23. The average Bonchev–Trinajstić information content (AvgIpc) is 1.94. The van der Waals surface area contributed by atoms with Gasteiger partial charge in [-0.25, -0.2) is 0 Å². The van der Waals surface area contributed by atoms with Gasteiger partial charge in [0.05, 0.1) is 12.5 Å². The predicted octanol–water partition coefficient (Wildman–Crippen LogP) is -0.155. The number of rotatable bonds is 4. The van der Waals surface area contributed by atoms with Crippen molar-refractivity contribution in [2.75, 3.05) is 6.54 Å². The molecule has 0 aromatic carbocycles. The summed E-state index contributed by atoms with van der Waals surface area (Å²) >= 11 is 0. The molecule has 0 radical (unpaired) electrons. The molecule has 0 saturated heterocycles. The van der Waals surface area contributed by atoms with Gasteiger partial charge in [0.2, 0.25) is 0 Å². The number of hydrogen-bond acceptors (Lipinski definition) is 4. The molecule has 0 aliphatic carbocycles. The number of carbonyl (C=O) groups is 2. The molecule has 0 spiro atoms. The number of carbonyl (C=O) groups excluding carboxylic acids is 2. The molecule has 14 heavy (non-hydrogen) atoms. The van der Waals surface area contributed by atoms with E-state index >= 15 is 0 Å². The van der Waals surface area contributed by atoms with Gasteiger partial charge in [0, 0.05) is 17.2 Å². The fourth-order valence-corrected chi connectivity index (χ4v) is 0.903. The Labute approximate surface area is 84.0 Å².